The Labute approximate surface area is 97.3 Å². The lowest BCUT2D eigenvalue weighted by Crippen LogP contribution is -2.31. The number of hydrazine groups is 1. The number of hydrogen-bond acceptors (Lipinski definition) is 3. The Bertz CT molecular complexity index is 383. The van der Waals surface area contributed by atoms with Crippen molar-refractivity contribution in [2.45, 2.75) is 6.42 Å². The first-order chi connectivity index (χ1) is 7.08. The molecule has 1 amide bonds. The third kappa shape index (κ3) is 2.99. The molecule has 0 aliphatic heterocycles. The van der Waals surface area contributed by atoms with Crippen molar-refractivity contribution >= 4 is 29.1 Å². The van der Waals surface area contributed by atoms with E-state index in [2.05, 4.69) is 0 Å². The van der Waals surface area contributed by atoms with Gasteiger partial charge in [0, 0.05) is 11.1 Å². The molecule has 4 nitrogen and oxygen atoms in total. The van der Waals surface area contributed by atoms with Crippen LogP contribution in [-0.2, 0) is 11.2 Å². The van der Waals surface area contributed by atoms with Crippen LogP contribution in [-0.4, -0.2) is 13.0 Å². The SMILES string of the molecule is COc1cc(Cl)c(CC(=O)NN)cc1Cl. The molecule has 3 N–H and O–H groups in total. The van der Waals surface area contributed by atoms with Gasteiger partial charge in [-0.15, -0.1) is 0 Å². The van der Waals surface area contributed by atoms with Gasteiger partial charge in [0.15, 0.2) is 0 Å². The van der Waals surface area contributed by atoms with Crippen LogP contribution in [0.1, 0.15) is 5.56 Å². The minimum Gasteiger partial charge on any atom is -0.495 e. The quantitative estimate of drug-likeness (QED) is 0.485. The normalized spacial score (nSPS) is 9.87. The predicted octanol–water partition coefficient (Wildman–Crippen LogP) is 1.53. The third-order valence-electron chi connectivity index (χ3n) is 1.83. The van der Waals surface area contributed by atoms with Crippen molar-refractivity contribution in [3.05, 3.63) is 27.7 Å². The summed E-state index contributed by atoms with van der Waals surface area (Å²) in [5.74, 6) is 5.10. The predicted molar refractivity (Wildman–Crippen MR) is 59.0 cm³/mol. The number of nitrogens with two attached hydrogens (primary N) is 1. The zero-order chi connectivity index (χ0) is 11.4. The van der Waals surface area contributed by atoms with E-state index in [4.69, 9.17) is 33.8 Å². The van der Waals surface area contributed by atoms with E-state index in [1.807, 2.05) is 5.43 Å². The molecule has 0 saturated heterocycles. The van der Waals surface area contributed by atoms with Gasteiger partial charge in [-0.25, -0.2) is 5.84 Å². The van der Waals surface area contributed by atoms with Gasteiger partial charge in [-0.1, -0.05) is 23.2 Å². The Morgan fingerprint density at radius 2 is 2.13 bits per heavy atom. The molecule has 1 aromatic rings. The number of ether oxygens (including phenoxy) is 1. The van der Waals surface area contributed by atoms with E-state index in [1.54, 1.807) is 12.1 Å². The molecule has 6 heteroatoms. The second kappa shape index (κ2) is 5.21. The second-order valence-corrected chi connectivity index (χ2v) is 3.64. The zero-order valence-corrected chi connectivity index (χ0v) is 9.52. The van der Waals surface area contributed by atoms with Crippen LogP contribution in [0, 0.1) is 0 Å². The minimum atomic E-state index is -0.335. The number of methoxy groups -OCH3 is 1. The Balaban J connectivity index is 3.00. The Morgan fingerprint density at radius 3 is 2.67 bits per heavy atom. The lowest BCUT2D eigenvalue weighted by molar-refractivity contribution is -0.120. The summed E-state index contributed by atoms with van der Waals surface area (Å²) in [6.07, 6.45) is 0.0824. The van der Waals surface area contributed by atoms with Crippen LogP contribution in [0.2, 0.25) is 10.0 Å². The molecule has 0 unspecified atom stereocenters. The molecule has 0 atom stereocenters. The van der Waals surface area contributed by atoms with Gasteiger partial charge in [-0.2, -0.15) is 0 Å². The number of rotatable bonds is 3. The highest BCUT2D eigenvalue weighted by atomic mass is 35.5. The maximum atomic E-state index is 11.0. The summed E-state index contributed by atoms with van der Waals surface area (Å²) in [6, 6.07) is 3.14. The van der Waals surface area contributed by atoms with Crippen LogP contribution in [0.4, 0.5) is 0 Å². The number of hydrogen-bond donors (Lipinski definition) is 2. The monoisotopic (exact) mass is 248 g/mol. The Kier molecular flexibility index (Phi) is 4.20. The van der Waals surface area contributed by atoms with Gasteiger partial charge < -0.3 is 4.74 Å². The summed E-state index contributed by atoms with van der Waals surface area (Å²) in [7, 11) is 1.49. The van der Waals surface area contributed by atoms with Crippen molar-refractivity contribution in [1.29, 1.82) is 0 Å². The number of carbonyl (C=O) groups excluding carboxylic acids is 1. The molecule has 82 valence electrons. The zero-order valence-electron chi connectivity index (χ0n) is 8.01. The van der Waals surface area contributed by atoms with Crippen LogP contribution in [0.5, 0.6) is 5.75 Å². The first kappa shape index (κ1) is 12.1. The van der Waals surface area contributed by atoms with Gasteiger partial charge in [0.1, 0.15) is 5.75 Å². The van der Waals surface area contributed by atoms with E-state index < -0.39 is 0 Å². The van der Waals surface area contributed by atoms with Crippen molar-refractivity contribution in [1.82, 2.24) is 5.43 Å². The number of amides is 1. The summed E-state index contributed by atoms with van der Waals surface area (Å²) in [5.41, 5.74) is 2.62. The molecule has 0 bridgehead atoms. The highest BCUT2D eigenvalue weighted by molar-refractivity contribution is 6.34. The van der Waals surface area contributed by atoms with Gasteiger partial charge in [0.05, 0.1) is 18.6 Å². The highest BCUT2D eigenvalue weighted by Crippen LogP contribution is 2.31. The van der Waals surface area contributed by atoms with Crippen LogP contribution < -0.4 is 16.0 Å². The molecule has 0 radical (unpaired) electrons. The molecule has 0 aliphatic carbocycles. The van der Waals surface area contributed by atoms with Crippen molar-refractivity contribution in [3.63, 3.8) is 0 Å². The first-order valence-electron chi connectivity index (χ1n) is 4.09. The van der Waals surface area contributed by atoms with Gasteiger partial charge in [0.25, 0.3) is 0 Å². The largest absolute Gasteiger partial charge is 0.495 e. The molecular weight excluding hydrogens is 239 g/mol. The van der Waals surface area contributed by atoms with E-state index in [0.29, 0.717) is 21.4 Å². The highest BCUT2D eigenvalue weighted by Gasteiger charge is 2.10. The van der Waals surface area contributed by atoms with E-state index in [1.165, 1.54) is 7.11 Å². The smallest absolute Gasteiger partial charge is 0.238 e. The molecule has 0 aromatic heterocycles. The first-order valence-corrected chi connectivity index (χ1v) is 4.85. The van der Waals surface area contributed by atoms with Crippen LogP contribution >= 0.6 is 23.2 Å². The summed E-state index contributed by atoms with van der Waals surface area (Å²) < 4.78 is 4.97. The van der Waals surface area contributed by atoms with E-state index >= 15 is 0 Å². The molecule has 0 aliphatic rings. The Morgan fingerprint density at radius 1 is 1.47 bits per heavy atom. The third-order valence-corrected chi connectivity index (χ3v) is 2.48. The van der Waals surface area contributed by atoms with Crippen LogP contribution in [0.25, 0.3) is 0 Å². The van der Waals surface area contributed by atoms with E-state index in [9.17, 15) is 4.79 Å². The number of nitrogens with one attached hydrogen (secondary N) is 1. The topological polar surface area (TPSA) is 64.3 Å². The lowest BCUT2D eigenvalue weighted by atomic mass is 10.1. The molecule has 15 heavy (non-hydrogen) atoms. The summed E-state index contributed by atoms with van der Waals surface area (Å²) in [4.78, 5) is 11.0. The molecule has 0 heterocycles. The molecule has 1 rings (SSSR count). The van der Waals surface area contributed by atoms with Gasteiger partial charge in [0.2, 0.25) is 5.91 Å². The maximum absolute atomic E-state index is 11.0. The van der Waals surface area contributed by atoms with Crippen LogP contribution in [0.15, 0.2) is 12.1 Å². The van der Waals surface area contributed by atoms with Crippen molar-refractivity contribution in [3.8, 4) is 5.75 Å². The molecule has 0 fully saturated rings. The average molecular weight is 249 g/mol. The maximum Gasteiger partial charge on any atom is 0.238 e. The standard InChI is InChI=1S/C9H10Cl2N2O2/c1-15-8-4-6(10)5(2-7(8)11)3-9(14)13-12/h2,4H,3,12H2,1H3,(H,13,14). The van der Waals surface area contributed by atoms with Crippen LogP contribution in [0.3, 0.4) is 0 Å². The van der Waals surface area contributed by atoms with E-state index in [0.717, 1.165) is 0 Å². The average Bonchev–Trinajstić information content (AvgIpc) is 2.22. The molecular formula is C9H10Cl2N2O2. The second-order valence-electron chi connectivity index (χ2n) is 2.82. The van der Waals surface area contributed by atoms with Gasteiger partial charge in [-0.05, 0) is 11.6 Å². The van der Waals surface area contributed by atoms with Gasteiger partial charge in [-0.3, -0.25) is 10.2 Å². The summed E-state index contributed by atoms with van der Waals surface area (Å²) in [6.45, 7) is 0. The van der Waals surface area contributed by atoms with E-state index in [-0.39, 0.29) is 12.3 Å². The van der Waals surface area contributed by atoms with Crippen molar-refractivity contribution in [2.24, 2.45) is 5.84 Å². The van der Waals surface area contributed by atoms with Gasteiger partial charge >= 0.3 is 0 Å². The minimum absolute atomic E-state index is 0.0824. The fourth-order valence-corrected chi connectivity index (χ4v) is 1.57. The number of benzene rings is 1. The Hall–Kier alpha value is -0.970. The lowest BCUT2D eigenvalue weighted by Gasteiger charge is -2.08. The number of halogens is 2. The summed E-state index contributed by atoms with van der Waals surface area (Å²) >= 11 is 11.8. The fourth-order valence-electron chi connectivity index (χ4n) is 1.09. The fraction of sp³-hybridized carbons (Fsp3) is 0.222. The molecule has 0 saturated carbocycles. The number of carbonyl (C=O) groups is 1. The van der Waals surface area contributed by atoms with Crippen molar-refractivity contribution < 1.29 is 9.53 Å². The molecule has 0 spiro atoms. The summed E-state index contributed by atoms with van der Waals surface area (Å²) in [5, 5.41) is 0.821. The van der Waals surface area contributed by atoms with Crippen molar-refractivity contribution in [2.75, 3.05) is 7.11 Å². The molecule has 1 aromatic carbocycles.